The molecule has 1 saturated heterocycles. The summed E-state index contributed by atoms with van der Waals surface area (Å²) in [5, 5.41) is 13.0. The van der Waals surface area contributed by atoms with Crippen LogP contribution in [0.15, 0.2) is 71.9 Å². The van der Waals surface area contributed by atoms with Crippen molar-refractivity contribution in [1.29, 1.82) is 0 Å². The predicted molar refractivity (Wildman–Crippen MR) is 126 cm³/mol. The van der Waals surface area contributed by atoms with Gasteiger partial charge in [-0.2, -0.15) is 0 Å². The monoisotopic (exact) mass is 463 g/mol. The molecule has 3 heterocycles. The number of nitrogens with one attached hydrogen (secondary N) is 1. The largest absolute Gasteiger partial charge is 0.390 e. The van der Waals surface area contributed by atoms with Gasteiger partial charge in [-0.3, -0.25) is 4.79 Å². The third kappa shape index (κ3) is 4.09. The molecule has 1 amide bonds. The van der Waals surface area contributed by atoms with E-state index in [-0.39, 0.29) is 17.5 Å². The first-order valence-corrected chi connectivity index (χ1v) is 11.6. The molecule has 2 aliphatic heterocycles. The molecule has 0 spiro atoms. The second-order valence-corrected chi connectivity index (χ2v) is 9.05. The number of hydrogen-bond acceptors (Lipinski definition) is 7. The van der Waals surface area contributed by atoms with Gasteiger partial charge in [-0.15, -0.1) is 0 Å². The van der Waals surface area contributed by atoms with Crippen molar-refractivity contribution in [3.05, 3.63) is 89.5 Å². The highest BCUT2D eigenvalue weighted by atomic mass is 32.2. The minimum absolute atomic E-state index is 0.0303. The summed E-state index contributed by atoms with van der Waals surface area (Å²) in [4.78, 5) is 28.2. The fraction of sp³-hybridized carbons (Fsp3) is 0.250. The van der Waals surface area contributed by atoms with Gasteiger partial charge in [0.05, 0.1) is 19.3 Å². The number of thioether (sulfide) groups is 1. The Labute approximate surface area is 194 Å². The summed E-state index contributed by atoms with van der Waals surface area (Å²) in [7, 11) is 0. The Kier molecular flexibility index (Phi) is 5.82. The number of aromatic nitrogens is 2. The zero-order valence-corrected chi connectivity index (χ0v) is 18.5. The van der Waals surface area contributed by atoms with E-state index >= 15 is 0 Å². The van der Waals surface area contributed by atoms with Crippen molar-refractivity contribution in [3.63, 3.8) is 0 Å². The van der Waals surface area contributed by atoms with Gasteiger partial charge in [0.15, 0.2) is 11.0 Å². The molecule has 2 atom stereocenters. The molecule has 7 nitrogen and oxygen atoms in total. The minimum Gasteiger partial charge on any atom is -0.390 e. The Hall–Kier alpha value is -3.30. The lowest BCUT2D eigenvalue weighted by Crippen LogP contribution is -2.42. The molecule has 168 valence electrons. The maximum atomic E-state index is 13.8. The quantitative estimate of drug-likeness (QED) is 0.618. The summed E-state index contributed by atoms with van der Waals surface area (Å²) in [6, 6.07) is 19.0. The van der Waals surface area contributed by atoms with E-state index in [1.807, 2.05) is 53.4 Å². The smallest absolute Gasteiger partial charge is 0.257 e. The summed E-state index contributed by atoms with van der Waals surface area (Å²) >= 11 is 1.51. The number of rotatable bonds is 4. The number of halogens is 1. The van der Waals surface area contributed by atoms with Crippen LogP contribution in [0.25, 0.3) is 0 Å². The number of aliphatic hydroxyl groups is 1. The maximum Gasteiger partial charge on any atom is 0.257 e. The molecule has 0 bridgehead atoms. The number of aliphatic hydroxyl groups excluding tert-OH is 1. The molecule has 2 N–H and O–H groups in total. The van der Waals surface area contributed by atoms with Gasteiger partial charge < -0.3 is 15.3 Å². The van der Waals surface area contributed by atoms with Gasteiger partial charge in [0.2, 0.25) is 5.95 Å². The first-order chi connectivity index (χ1) is 16.1. The predicted octanol–water partition coefficient (Wildman–Crippen LogP) is 2.97. The Morgan fingerprint density at radius 3 is 2.64 bits per heavy atom. The van der Waals surface area contributed by atoms with Gasteiger partial charge in [-0.05, 0) is 17.7 Å². The molecule has 1 aromatic heterocycles. The lowest BCUT2D eigenvalue weighted by molar-refractivity contribution is 0.0977. The Bertz CT molecular complexity index is 1190. The first-order valence-electron chi connectivity index (χ1n) is 10.6. The highest BCUT2D eigenvalue weighted by molar-refractivity contribution is 8.13. The molecular weight excluding hydrogens is 441 g/mol. The Morgan fingerprint density at radius 2 is 1.91 bits per heavy atom. The lowest BCUT2D eigenvalue weighted by atomic mass is 9.82. The number of carbonyl (C=O) groups is 1. The average molecular weight is 464 g/mol. The molecular formula is C24H22FN5O2S. The fourth-order valence-electron chi connectivity index (χ4n) is 4.36. The molecule has 1 fully saturated rings. The van der Waals surface area contributed by atoms with Crippen molar-refractivity contribution in [3.8, 4) is 0 Å². The summed E-state index contributed by atoms with van der Waals surface area (Å²) < 4.78 is 13.8. The van der Waals surface area contributed by atoms with E-state index in [0.29, 0.717) is 29.8 Å². The van der Waals surface area contributed by atoms with Crippen molar-refractivity contribution in [2.75, 3.05) is 23.7 Å². The Morgan fingerprint density at radius 1 is 1.18 bits per heavy atom. The van der Waals surface area contributed by atoms with Gasteiger partial charge in [0.25, 0.3) is 5.91 Å². The topological polar surface area (TPSA) is 90.7 Å². The molecule has 9 heteroatoms. The van der Waals surface area contributed by atoms with Crippen LogP contribution in [0.2, 0.25) is 0 Å². The number of fused-ring (bicyclic) bond motifs is 1. The molecule has 2 unspecified atom stereocenters. The van der Waals surface area contributed by atoms with Crippen molar-refractivity contribution in [1.82, 2.24) is 15.3 Å². The van der Waals surface area contributed by atoms with E-state index in [2.05, 4.69) is 15.3 Å². The van der Waals surface area contributed by atoms with E-state index in [0.717, 1.165) is 17.5 Å². The fourth-order valence-corrected chi connectivity index (χ4v) is 5.49. The van der Waals surface area contributed by atoms with Gasteiger partial charge in [0.1, 0.15) is 11.2 Å². The van der Waals surface area contributed by atoms with Crippen LogP contribution in [0.1, 0.15) is 21.6 Å². The second-order valence-electron chi connectivity index (χ2n) is 8.04. The van der Waals surface area contributed by atoms with Crippen LogP contribution < -0.4 is 10.2 Å². The van der Waals surface area contributed by atoms with Crippen LogP contribution in [-0.4, -0.2) is 45.0 Å². The van der Waals surface area contributed by atoms with Crippen LogP contribution >= 0.6 is 11.8 Å². The highest BCUT2D eigenvalue weighted by Gasteiger charge is 2.51. The number of amidine groups is 1. The van der Waals surface area contributed by atoms with Crippen LogP contribution in [0.5, 0.6) is 0 Å². The van der Waals surface area contributed by atoms with Gasteiger partial charge >= 0.3 is 0 Å². The summed E-state index contributed by atoms with van der Waals surface area (Å²) in [5.41, 5.74) is 0.968. The Balaban J connectivity index is 1.49. The normalized spacial score (nSPS) is 21.9. The molecule has 5 rings (SSSR count). The van der Waals surface area contributed by atoms with E-state index < -0.39 is 18.0 Å². The zero-order valence-electron chi connectivity index (χ0n) is 17.7. The summed E-state index contributed by atoms with van der Waals surface area (Å²) in [5.74, 6) is 0.407. The van der Waals surface area contributed by atoms with Gasteiger partial charge in [-0.1, -0.05) is 60.3 Å². The highest BCUT2D eigenvalue weighted by Crippen LogP contribution is 2.46. The standard InChI is InChI=1S/C24H22FN5O2S/c25-19-11-26-22(27-20(19)13-31)30-12-18-14-33-23(28-21(32)16-7-3-1-4-8-16)29-24(18,15-30)17-9-5-2-6-10-17/h1-11,18,31H,12-15H2,(H,28,29,32). The van der Waals surface area contributed by atoms with E-state index in [9.17, 15) is 14.3 Å². The number of aliphatic imine (C=N–C) groups is 1. The van der Waals surface area contributed by atoms with Crippen molar-refractivity contribution < 1.29 is 14.3 Å². The van der Waals surface area contributed by atoms with E-state index in [1.165, 1.54) is 11.8 Å². The lowest BCUT2D eigenvalue weighted by Gasteiger charge is -2.35. The number of benzene rings is 2. The molecule has 0 radical (unpaired) electrons. The SMILES string of the molecule is O=C(NC1=NC2(c3ccccc3)CN(c3ncc(F)c(CO)n3)CC2CS1)c1ccccc1. The van der Waals surface area contributed by atoms with Crippen molar-refractivity contribution >= 4 is 28.8 Å². The average Bonchev–Trinajstić information content (AvgIpc) is 3.25. The number of anilines is 1. The molecule has 33 heavy (non-hydrogen) atoms. The van der Waals surface area contributed by atoms with Crippen molar-refractivity contribution in [2.45, 2.75) is 12.1 Å². The molecule has 0 aliphatic carbocycles. The number of carbonyl (C=O) groups excluding carboxylic acids is 1. The molecule has 0 saturated carbocycles. The van der Waals surface area contributed by atoms with Gasteiger partial charge in [-0.25, -0.2) is 19.4 Å². The third-order valence-corrected chi connectivity index (χ3v) is 7.07. The summed E-state index contributed by atoms with van der Waals surface area (Å²) in [6.07, 6.45) is 1.09. The zero-order chi connectivity index (χ0) is 22.8. The van der Waals surface area contributed by atoms with Crippen LogP contribution in [-0.2, 0) is 12.1 Å². The summed E-state index contributed by atoms with van der Waals surface area (Å²) in [6.45, 7) is 0.609. The second kappa shape index (κ2) is 8.92. The van der Waals surface area contributed by atoms with Crippen LogP contribution in [0.3, 0.4) is 0 Å². The van der Waals surface area contributed by atoms with E-state index in [4.69, 9.17) is 4.99 Å². The number of nitrogens with zero attached hydrogens (tertiary/aromatic N) is 4. The molecule has 2 aliphatic rings. The molecule has 2 aromatic carbocycles. The third-order valence-electron chi connectivity index (χ3n) is 6.04. The number of hydrogen-bond donors (Lipinski definition) is 2. The first kappa shape index (κ1) is 21.5. The van der Waals surface area contributed by atoms with Crippen LogP contribution in [0.4, 0.5) is 10.3 Å². The van der Waals surface area contributed by atoms with Crippen molar-refractivity contribution in [2.24, 2.45) is 10.9 Å². The van der Waals surface area contributed by atoms with E-state index in [1.54, 1.807) is 12.1 Å². The molecule has 3 aromatic rings. The van der Waals surface area contributed by atoms with Crippen LogP contribution in [0, 0.1) is 11.7 Å². The maximum absolute atomic E-state index is 13.8. The minimum atomic E-state index is -0.630. The van der Waals surface area contributed by atoms with Gasteiger partial charge in [0, 0.05) is 23.8 Å². The number of amides is 1.